The number of rotatable bonds is 8. The molecule has 0 radical (unpaired) electrons. The third-order valence-corrected chi connectivity index (χ3v) is 3.79. The summed E-state index contributed by atoms with van der Waals surface area (Å²) in [4.78, 5) is 0. The summed E-state index contributed by atoms with van der Waals surface area (Å²) >= 11 is 0. The molecule has 7 heteroatoms. The highest BCUT2D eigenvalue weighted by atomic mass is 19.1. The summed E-state index contributed by atoms with van der Waals surface area (Å²) < 4.78 is 29.1. The Kier molecular flexibility index (Phi) is 5.73. The number of benzene rings is 2. The molecule has 0 amide bonds. The second-order valence-electron chi connectivity index (χ2n) is 6.39. The molecule has 0 spiro atoms. The van der Waals surface area contributed by atoms with Crippen LogP contribution in [-0.4, -0.2) is 34.2 Å². The van der Waals surface area contributed by atoms with Gasteiger partial charge in [0.15, 0.2) is 5.76 Å². The minimum Gasteiger partial charge on any atom is -0.491 e. The number of nitrogens with zero attached hydrogens (tertiary/aromatic N) is 1. The predicted molar refractivity (Wildman–Crippen MR) is 95.9 cm³/mol. The lowest BCUT2D eigenvalue weighted by atomic mass is 10.1. The van der Waals surface area contributed by atoms with Gasteiger partial charge in [0.2, 0.25) is 0 Å². The molecule has 0 saturated carbocycles. The highest BCUT2D eigenvalue weighted by molar-refractivity contribution is 5.59. The molecule has 0 bridgehead atoms. The SMILES string of the molecule is C[C@](O)(CO)COc1ccc(-c2cc(COc3ccc(F)cc3)on2)cc1. The van der Waals surface area contributed by atoms with Crippen LogP contribution >= 0.6 is 0 Å². The van der Waals surface area contributed by atoms with Crippen LogP contribution < -0.4 is 9.47 Å². The molecule has 1 aromatic heterocycles. The second-order valence-corrected chi connectivity index (χ2v) is 6.39. The van der Waals surface area contributed by atoms with E-state index in [9.17, 15) is 9.50 Å². The molecule has 2 aromatic carbocycles. The average molecular weight is 373 g/mol. The Hall–Kier alpha value is -2.90. The fourth-order valence-corrected chi connectivity index (χ4v) is 2.21. The van der Waals surface area contributed by atoms with Crippen molar-refractivity contribution in [3.63, 3.8) is 0 Å². The summed E-state index contributed by atoms with van der Waals surface area (Å²) in [6, 6.07) is 14.6. The van der Waals surface area contributed by atoms with Crippen molar-refractivity contribution in [2.75, 3.05) is 13.2 Å². The van der Waals surface area contributed by atoms with Crippen molar-refractivity contribution in [3.8, 4) is 22.8 Å². The van der Waals surface area contributed by atoms with Crippen LogP contribution in [-0.2, 0) is 6.61 Å². The molecule has 3 rings (SSSR count). The molecule has 0 saturated heterocycles. The maximum atomic E-state index is 12.9. The number of ether oxygens (including phenoxy) is 2. The third kappa shape index (κ3) is 5.29. The standard InChI is InChI=1S/C20H20FNO5/c1-20(24,12-23)13-26-17-6-2-14(3-7-17)19-10-18(27-22-19)11-25-16-8-4-15(21)5-9-16/h2-10,23-24H,11-13H2,1H3/t20-/m0/s1. The first-order valence-corrected chi connectivity index (χ1v) is 8.36. The summed E-state index contributed by atoms with van der Waals surface area (Å²) in [7, 11) is 0. The van der Waals surface area contributed by atoms with Gasteiger partial charge in [0.05, 0.1) is 6.61 Å². The lowest BCUT2D eigenvalue weighted by Crippen LogP contribution is -2.36. The van der Waals surface area contributed by atoms with Crippen LogP contribution in [0.2, 0.25) is 0 Å². The largest absolute Gasteiger partial charge is 0.491 e. The van der Waals surface area contributed by atoms with E-state index in [1.165, 1.54) is 19.1 Å². The fourth-order valence-electron chi connectivity index (χ4n) is 2.21. The van der Waals surface area contributed by atoms with E-state index in [0.717, 1.165) is 5.56 Å². The van der Waals surface area contributed by atoms with E-state index in [1.807, 2.05) is 12.1 Å². The summed E-state index contributed by atoms with van der Waals surface area (Å²) in [5.74, 6) is 1.32. The van der Waals surface area contributed by atoms with E-state index in [0.29, 0.717) is 23.0 Å². The first-order valence-electron chi connectivity index (χ1n) is 8.36. The molecule has 2 N–H and O–H groups in total. The molecule has 3 aromatic rings. The van der Waals surface area contributed by atoms with Crippen molar-refractivity contribution in [3.05, 3.63) is 66.2 Å². The monoisotopic (exact) mass is 373 g/mol. The molecule has 1 atom stereocenters. The quantitative estimate of drug-likeness (QED) is 0.631. The van der Waals surface area contributed by atoms with E-state index < -0.39 is 5.60 Å². The highest BCUT2D eigenvalue weighted by Gasteiger charge is 2.19. The average Bonchev–Trinajstić information content (AvgIpc) is 3.15. The maximum Gasteiger partial charge on any atom is 0.174 e. The predicted octanol–water partition coefficient (Wildman–Crippen LogP) is 3.18. The zero-order valence-corrected chi connectivity index (χ0v) is 14.8. The van der Waals surface area contributed by atoms with Crippen LogP contribution in [0.1, 0.15) is 12.7 Å². The Morgan fingerprint density at radius 2 is 1.67 bits per heavy atom. The topological polar surface area (TPSA) is 85.0 Å². The summed E-state index contributed by atoms with van der Waals surface area (Å²) in [6.45, 7) is 1.27. The van der Waals surface area contributed by atoms with Crippen LogP contribution in [0.15, 0.2) is 59.1 Å². The van der Waals surface area contributed by atoms with E-state index in [4.69, 9.17) is 19.1 Å². The minimum atomic E-state index is -1.29. The summed E-state index contributed by atoms with van der Waals surface area (Å²) in [5, 5.41) is 22.8. The molecule has 1 heterocycles. The van der Waals surface area contributed by atoms with Crippen molar-refractivity contribution in [2.24, 2.45) is 0 Å². The minimum absolute atomic E-state index is 0.0162. The summed E-state index contributed by atoms with van der Waals surface area (Å²) in [6.07, 6.45) is 0. The zero-order valence-electron chi connectivity index (χ0n) is 14.8. The van der Waals surface area contributed by atoms with Gasteiger partial charge in [-0.25, -0.2) is 4.39 Å². The van der Waals surface area contributed by atoms with Gasteiger partial charge in [0.25, 0.3) is 0 Å². The number of hydrogen-bond donors (Lipinski definition) is 2. The van der Waals surface area contributed by atoms with E-state index in [-0.39, 0.29) is 25.6 Å². The summed E-state index contributed by atoms with van der Waals surface area (Å²) in [5.41, 5.74) is 0.180. The third-order valence-electron chi connectivity index (χ3n) is 3.79. The van der Waals surface area contributed by atoms with Crippen molar-refractivity contribution in [1.29, 1.82) is 0 Å². The van der Waals surface area contributed by atoms with E-state index >= 15 is 0 Å². The lowest BCUT2D eigenvalue weighted by Gasteiger charge is -2.20. The van der Waals surface area contributed by atoms with Crippen LogP contribution in [0.5, 0.6) is 11.5 Å². The normalized spacial score (nSPS) is 13.2. The Morgan fingerprint density at radius 3 is 2.33 bits per heavy atom. The van der Waals surface area contributed by atoms with Gasteiger partial charge in [-0.05, 0) is 55.5 Å². The molecule has 6 nitrogen and oxygen atoms in total. The molecule has 0 aliphatic carbocycles. The first kappa shape index (κ1) is 18.9. The van der Waals surface area contributed by atoms with Gasteiger partial charge >= 0.3 is 0 Å². The Balaban J connectivity index is 1.58. The molecule has 142 valence electrons. The van der Waals surface area contributed by atoms with Crippen molar-refractivity contribution in [2.45, 2.75) is 19.1 Å². The maximum absolute atomic E-state index is 12.9. The van der Waals surface area contributed by atoms with Crippen LogP contribution in [0.25, 0.3) is 11.3 Å². The Labute approximate surface area is 155 Å². The molecular formula is C20H20FNO5. The molecule has 27 heavy (non-hydrogen) atoms. The number of hydrogen-bond acceptors (Lipinski definition) is 6. The van der Waals surface area contributed by atoms with Crippen LogP contribution in [0, 0.1) is 5.82 Å². The Bertz CT molecular complexity index is 859. The molecule has 0 aliphatic heterocycles. The van der Waals surface area contributed by atoms with Gasteiger partial charge in [-0.15, -0.1) is 0 Å². The number of aliphatic hydroxyl groups is 2. The van der Waals surface area contributed by atoms with E-state index in [1.54, 1.807) is 30.3 Å². The second kappa shape index (κ2) is 8.20. The van der Waals surface area contributed by atoms with Crippen LogP contribution in [0.3, 0.4) is 0 Å². The highest BCUT2D eigenvalue weighted by Crippen LogP contribution is 2.23. The van der Waals surface area contributed by atoms with Crippen molar-refractivity contribution in [1.82, 2.24) is 5.16 Å². The van der Waals surface area contributed by atoms with Gasteiger partial charge in [0, 0.05) is 11.6 Å². The van der Waals surface area contributed by atoms with Crippen molar-refractivity contribution >= 4 is 0 Å². The smallest absolute Gasteiger partial charge is 0.174 e. The zero-order chi connectivity index (χ0) is 19.3. The molecule has 0 aliphatic rings. The van der Waals surface area contributed by atoms with E-state index in [2.05, 4.69) is 5.16 Å². The van der Waals surface area contributed by atoms with Gasteiger partial charge < -0.3 is 24.2 Å². The molecular weight excluding hydrogens is 353 g/mol. The first-order chi connectivity index (χ1) is 12.9. The van der Waals surface area contributed by atoms with Gasteiger partial charge in [-0.1, -0.05) is 5.16 Å². The van der Waals surface area contributed by atoms with Crippen molar-refractivity contribution < 1.29 is 28.6 Å². The molecule has 0 fully saturated rings. The number of halogens is 1. The van der Waals surface area contributed by atoms with Gasteiger partial charge in [-0.2, -0.15) is 0 Å². The number of aliphatic hydroxyl groups excluding tert-OH is 1. The van der Waals surface area contributed by atoms with Gasteiger partial charge in [0.1, 0.15) is 41.8 Å². The Morgan fingerprint density at radius 1 is 1.04 bits per heavy atom. The lowest BCUT2D eigenvalue weighted by molar-refractivity contribution is -0.0324. The molecule has 0 unspecified atom stereocenters. The van der Waals surface area contributed by atoms with Gasteiger partial charge in [-0.3, -0.25) is 0 Å². The number of aromatic nitrogens is 1. The van der Waals surface area contributed by atoms with Crippen LogP contribution in [0.4, 0.5) is 4.39 Å². The fraction of sp³-hybridized carbons (Fsp3) is 0.250.